The molecule has 0 bridgehead atoms. The Balaban J connectivity index is 1.25. The predicted octanol–water partition coefficient (Wildman–Crippen LogP) is 3.23. The van der Waals surface area contributed by atoms with Crippen LogP contribution in [0.15, 0.2) is 72.9 Å². The number of carbonyl (C=O) groups excluding carboxylic acids is 3. The Bertz CT molecular complexity index is 1600. The lowest BCUT2D eigenvalue weighted by molar-refractivity contribution is 0.0564. The second-order valence-electron chi connectivity index (χ2n) is 10.3. The Morgan fingerprint density at radius 1 is 0.953 bits per heavy atom. The number of benzene rings is 2. The first-order chi connectivity index (χ1) is 21.1. The number of carbonyl (C=O) groups is 3. The molecule has 2 saturated heterocycles. The average molecular weight is 583 g/mol. The van der Waals surface area contributed by atoms with Gasteiger partial charge < -0.3 is 35.8 Å². The maximum atomic E-state index is 13.3. The molecule has 0 unspecified atom stereocenters. The van der Waals surface area contributed by atoms with Gasteiger partial charge in [0.05, 0.1) is 18.8 Å². The quantitative estimate of drug-likeness (QED) is 0.240. The van der Waals surface area contributed by atoms with Gasteiger partial charge in [0.15, 0.2) is 5.65 Å². The van der Waals surface area contributed by atoms with Gasteiger partial charge in [-0.2, -0.15) is 0 Å². The van der Waals surface area contributed by atoms with E-state index < -0.39 is 0 Å². The summed E-state index contributed by atoms with van der Waals surface area (Å²) in [4.78, 5) is 46.1. The minimum atomic E-state index is -0.266. The maximum absolute atomic E-state index is 13.3. The zero-order valence-electron chi connectivity index (χ0n) is 23.7. The molecular formula is C31H34N8O4. The molecule has 5 amide bonds. The van der Waals surface area contributed by atoms with E-state index in [4.69, 9.17) is 9.72 Å². The van der Waals surface area contributed by atoms with E-state index in [0.29, 0.717) is 81.6 Å². The average Bonchev–Trinajstić information content (AvgIpc) is 3.64. The van der Waals surface area contributed by atoms with E-state index in [1.165, 1.54) is 0 Å². The predicted molar refractivity (Wildman–Crippen MR) is 163 cm³/mol. The number of ether oxygens (including phenoxy) is 1. The van der Waals surface area contributed by atoms with Crippen LogP contribution in [0.1, 0.15) is 15.9 Å². The van der Waals surface area contributed by atoms with Gasteiger partial charge in [-0.3, -0.25) is 9.20 Å². The van der Waals surface area contributed by atoms with E-state index in [0.717, 1.165) is 16.9 Å². The molecular weight excluding hydrogens is 548 g/mol. The summed E-state index contributed by atoms with van der Waals surface area (Å²) in [5, 5.41) is 12.2. The summed E-state index contributed by atoms with van der Waals surface area (Å²) >= 11 is 0. The van der Waals surface area contributed by atoms with Crippen molar-refractivity contribution in [2.75, 3.05) is 63.1 Å². The highest BCUT2D eigenvalue weighted by molar-refractivity contribution is 6.01. The first-order valence-electron chi connectivity index (χ1n) is 14.4. The number of nitrogens with one attached hydrogen (secondary N) is 4. The van der Waals surface area contributed by atoms with E-state index >= 15 is 0 Å². The Hall–Kier alpha value is -5.10. The number of urea groups is 2. The largest absolute Gasteiger partial charge is 0.378 e. The first kappa shape index (κ1) is 28.0. The van der Waals surface area contributed by atoms with Gasteiger partial charge in [-0.15, -0.1) is 0 Å². The highest BCUT2D eigenvalue weighted by Crippen LogP contribution is 2.31. The van der Waals surface area contributed by atoms with Crippen molar-refractivity contribution in [1.82, 2.24) is 29.8 Å². The molecule has 6 rings (SSSR count). The summed E-state index contributed by atoms with van der Waals surface area (Å²) < 4.78 is 7.22. The molecule has 0 spiro atoms. The van der Waals surface area contributed by atoms with E-state index in [-0.39, 0.29) is 18.0 Å². The van der Waals surface area contributed by atoms with Gasteiger partial charge in [0.2, 0.25) is 0 Å². The van der Waals surface area contributed by atoms with Crippen molar-refractivity contribution >= 4 is 35.1 Å². The smallest absolute Gasteiger partial charge is 0.321 e. The molecule has 2 aliphatic rings. The second-order valence-corrected chi connectivity index (χ2v) is 10.3. The molecule has 4 N–H and O–H groups in total. The van der Waals surface area contributed by atoms with Crippen molar-refractivity contribution in [3.63, 3.8) is 0 Å². The molecule has 0 aliphatic carbocycles. The van der Waals surface area contributed by atoms with E-state index in [1.807, 2.05) is 71.3 Å². The molecule has 222 valence electrons. The van der Waals surface area contributed by atoms with Crippen LogP contribution in [0, 0.1) is 0 Å². The van der Waals surface area contributed by atoms with Crippen molar-refractivity contribution in [1.29, 1.82) is 0 Å². The van der Waals surface area contributed by atoms with Gasteiger partial charge >= 0.3 is 12.1 Å². The number of amides is 5. The third-order valence-corrected chi connectivity index (χ3v) is 7.52. The molecule has 2 aromatic carbocycles. The van der Waals surface area contributed by atoms with E-state index in [9.17, 15) is 14.4 Å². The second kappa shape index (κ2) is 12.8. The molecule has 4 heterocycles. The van der Waals surface area contributed by atoms with Crippen LogP contribution in [-0.4, -0.2) is 89.6 Å². The van der Waals surface area contributed by atoms with Gasteiger partial charge in [0.25, 0.3) is 5.91 Å². The Morgan fingerprint density at radius 3 is 2.49 bits per heavy atom. The van der Waals surface area contributed by atoms with Crippen molar-refractivity contribution < 1.29 is 19.1 Å². The number of fused-ring (bicyclic) bond motifs is 1. The molecule has 43 heavy (non-hydrogen) atoms. The van der Waals surface area contributed by atoms with Crippen LogP contribution in [0.3, 0.4) is 0 Å². The molecule has 12 heteroatoms. The summed E-state index contributed by atoms with van der Waals surface area (Å²) in [6, 6.07) is 20.8. The molecule has 2 aromatic heterocycles. The van der Waals surface area contributed by atoms with Crippen molar-refractivity contribution in [3.8, 4) is 11.3 Å². The summed E-state index contributed by atoms with van der Waals surface area (Å²) in [6.45, 7) is 4.75. The highest BCUT2D eigenvalue weighted by atomic mass is 16.5. The van der Waals surface area contributed by atoms with Crippen LogP contribution in [0.4, 0.5) is 21.1 Å². The number of aromatic nitrogens is 2. The third kappa shape index (κ3) is 6.38. The van der Waals surface area contributed by atoms with E-state index in [1.54, 1.807) is 15.9 Å². The van der Waals surface area contributed by atoms with Crippen molar-refractivity contribution in [3.05, 3.63) is 84.1 Å². The zero-order chi connectivity index (χ0) is 29.6. The van der Waals surface area contributed by atoms with Crippen LogP contribution in [0.25, 0.3) is 16.9 Å². The lowest BCUT2D eigenvalue weighted by Crippen LogP contribution is -2.43. The number of rotatable bonds is 9. The normalized spacial score (nSPS) is 14.9. The van der Waals surface area contributed by atoms with Crippen LogP contribution in [0.5, 0.6) is 0 Å². The molecule has 12 nitrogen and oxygen atoms in total. The highest BCUT2D eigenvalue weighted by Gasteiger charge is 2.22. The number of anilines is 2. The van der Waals surface area contributed by atoms with Crippen LogP contribution >= 0.6 is 0 Å². The van der Waals surface area contributed by atoms with E-state index in [2.05, 4.69) is 21.3 Å². The number of nitrogens with zero attached hydrogens (tertiary/aromatic N) is 4. The minimum absolute atomic E-state index is 0.116. The molecule has 2 fully saturated rings. The van der Waals surface area contributed by atoms with Gasteiger partial charge in [-0.1, -0.05) is 42.5 Å². The molecule has 0 saturated carbocycles. The van der Waals surface area contributed by atoms with Gasteiger partial charge in [-0.25, -0.2) is 14.6 Å². The number of morpholine rings is 1. The molecule has 0 atom stereocenters. The summed E-state index contributed by atoms with van der Waals surface area (Å²) in [6.07, 6.45) is 1.88. The van der Waals surface area contributed by atoms with Crippen molar-refractivity contribution in [2.24, 2.45) is 0 Å². The molecule has 0 radical (unpaired) electrons. The number of pyridine rings is 1. The fourth-order valence-electron chi connectivity index (χ4n) is 5.20. The fraction of sp³-hybridized carbons (Fsp3) is 0.290. The van der Waals surface area contributed by atoms with Crippen molar-refractivity contribution in [2.45, 2.75) is 6.54 Å². The zero-order valence-corrected chi connectivity index (χ0v) is 23.7. The van der Waals surface area contributed by atoms with Crippen LogP contribution in [-0.2, 0) is 11.3 Å². The SMILES string of the molecule is O=C(NCCN1CCNC1=O)c1cccn2c(NCc3ccccc3)c(-c3ccc(NC(=O)N4CCOCC4)cc3)nc12. The Labute approximate surface area is 249 Å². The number of imidazole rings is 1. The lowest BCUT2D eigenvalue weighted by Gasteiger charge is -2.26. The number of hydrogen-bond donors (Lipinski definition) is 4. The topological polar surface area (TPSA) is 132 Å². The first-order valence-corrected chi connectivity index (χ1v) is 14.4. The van der Waals surface area contributed by atoms with Crippen LogP contribution in [0.2, 0.25) is 0 Å². The maximum Gasteiger partial charge on any atom is 0.321 e. The Morgan fingerprint density at radius 2 is 1.74 bits per heavy atom. The summed E-state index contributed by atoms with van der Waals surface area (Å²) in [5.41, 5.74) is 4.22. The minimum Gasteiger partial charge on any atom is -0.378 e. The summed E-state index contributed by atoms with van der Waals surface area (Å²) in [5.74, 6) is 0.477. The monoisotopic (exact) mass is 582 g/mol. The molecule has 4 aromatic rings. The summed E-state index contributed by atoms with van der Waals surface area (Å²) in [7, 11) is 0. The Kier molecular flexibility index (Phi) is 8.36. The standard InChI is InChI=1S/C31H34N8O4/c40-29(32-12-15-37-16-13-33-30(37)41)25-7-4-14-39-27(25)36-26(28(39)34-21-22-5-2-1-3-6-22)23-8-10-24(11-9-23)35-31(42)38-17-19-43-20-18-38/h1-11,14,34H,12-13,15-21H2,(H,32,40)(H,33,41)(H,35,42). The van der Waals surface area contributed by atoms with Gasteiger partial charge in [0, 0.05) is 63.3 Å². The molecule has 2 aliphatic heterocycles. The third-order valence-electron chi connectivity index (χ3n) is 7.52. The number of hydrogen-bond acceptors (Lipinski definition) is 6. The lowest BCUT2D eigenvalue weighted by atomic mass is 10.1. The van der Waals surface area contributed by atoms with Gasteiger partial charge in [-0.05, 0) is 29.8 Å². The fourth-order valence-corrected chi connectivity index (χ4v) is 5.20. The van der Waals surface area contributed by atoms with Gasteiger partial charge in [0.1, 0.15) is 11.5 Å². The van der Waals surface area contributed by atoms with Crippen LogP contribution < -0.4 is 21.3 Å².